The first-order chi connectivity index (χ1) is 14.6. The van der Waals surface area contributed by atoms with E-state index in [0.717, 1.165) is 29.2 Å². The molecule has 1 aromatic carbocycles. The maximum atomic E-state index is 9.85. The predicted molar refractivity (Wildman–Crippen MR) is 116 cm³/mol. The van der Waals surface area contributed by atoms with E-state index in [9.17, 15) is 4.79 Å². The van der Waals surface area contributed by atoms with Crippen molar-refractivity contribution < 1.29 is 13.9 Å². The van der Waals surface area contributed by atoms with Crippen molar-refractivity contribution in [2.75, 3.05) is 13.2 Å². The Morgan fingerprint density at radius 2 is 2.07 bits per heavy atom. The van der Waals surface area contributed by atoms with E-state index >= 15 is 0 Å². The Balaban J connectivity index is 0.000000187. The molecular weight excluding hydrogens is 404 g/mol. The lowest BCUT2D eigenvalue weighted by Gasteiger charge is -2.03. The quantitative estimate of drug-likeness (QED) is 0.471. The molecule has 0 atom stereocenters. The number of carbonyl (C=O) groups excluding carboxylic acids is 1. The van der Waals surface area contributed by atoms with Crippen molar-refractivity contribution in [1.29, 1.82) is 0 Å². The maximum absolute atomic E-state index is 9.85. The fourth-order valence-electron chi connectivity index (χ4n) is 2.67. The zero-order valence-corrected chi connectivity index (χ0v) is 17.6. The SMILES string of the molecule is Cc1oc2nc(C3=C(Cl)C=CC=CC3)nn2c1C.O=CNCCOc1ccccc1. The molecule has 1 amide bonds. The number of hydrogen-bond donors (Lipinski definition) is 1. The summed E-state index contributed by atoms with van der Waals surface area (Å²) in [6.07, 6.45) is 9.13. The highest BCUT2D eigenvalue weighted by atomic mass is 35.5. The Labute approximate surface area is 179 Å². The number of fused-ring (bicyclic) bond motifs is 1. The molecule has 2 heterocycles. The number of allylic oxidation sites excluding steroid dienone is 6. The van der Waals surface area contributed by atoms with Crippen molar-refractivity contribution >= 4 is 29.4 Å². The van der Waals surface area contributed by atoms with Crippen LogP contribution in [0.2, 0.25) is 0 Å². The lowest BCUT2D eigenvalue weighted by atomic mass is 10.1. The highest BCUT2D eigenvalue weighted by Gasteiger charge is 2.16. The van der Waals surface area contributed by atoms with Crippen LogP contribution in [0.25, 0.3) is 11.4 Å². The molecule has 0 saturated heterocycles. The average molecular weight is 427 g/mol. The van der Waals surface area contributed by atoms with Gasteiger partial charge in [-0.2, -0.15) is 9.50 Å². The van der Waals surface area contributed by atoms with Gasteiger partial charge < -0.3 is 14.5 Å². The molecule has 156 valence electrons. The molecule has 0 radical (unpaired) electrons. The first kappa shape index (κ1) is 21.4. The van der Waals surface area contributed by atoms with Crippen molar-refractivity contribution in [3.63, 3.8) is 0 Å². The normalized spacial score (nSPS) is 13.0. The molecule has 7 nitrogen and oxygen atoms in total. The van der Waals surface area contributed by atoms with E-state index < -0.39 is 0 Å². The van der Waals surface area contributed by atoms with Gasteiger partial charge in [-0.15, -0.1) is 5.10 Å². The van der Waals surface area contributed by atoms with Gasteiger partial charge in [0.2, 0.25) is 6.41 Å². The molecule has 4 rings (SSSR count). The molecule has 1 aliphatic carbocycles. The molecule has 0 fully saturated rings. The number of aryl methyl sites for hydroxylation is 2. The van der Waals surface area contributed by atoms with E-state index in [0.29, 0.717) is 36.3 Å². The third kappa shape index (κ3) is 5.39. The lowest BCUT2D eigenvalue weighted by Crippen LogP contribution is -2.18. The number of ether oxygens (including phenoxy) is 1. The van der Waals surface area contributed by atoms with Gasteiger partial charge in [-0.3, -0.25) is 4.79 Å². The minimum atomic E-state index is 0.503. The van der Waals surface area contributed by atoms with Gasteiger partial charge in [-0.25, -0.2) is 0 Å². The van der Waals surface area contributed by atoms with Crippen LogP contribution >= 0.6 is 11.6 Å². The summed E-state index contributed by atoms with van der Waals surface area (Å²) in [6, 6.07) is 9.49. The van der Waals surface area contributed by atoms with E-state index in [-0.39, 0.29) is 0 Å². The fourth-order valence-corrected chi connectivity index (χ4v) is 2.91. The van der Waals surface area contributed by atoms with Gasteiger partial charge in [0.25, 0.3) is 0 Å². The van der Waals surface area contributed by atoms with Crippen LogP contribution in [0.15, 0.2) is 64.1 Å². The van der Waals surface area contributed by atoms with Crippen LogP contribution < -0.4 is 10.1 Å². The van der Waals surface area contributed by atoms with E-state index in [1.165, 1.54) is 0 Å². The number of oxazole rings is 1. The van der Waals surface area contributed by atoms with E-state index in [1.54, 1.807) is 4.52 Å². The topological polar surface area (TPSA) is 81.7 Å². The van der Waals surface area contributed by atoms with Crippen LogP contribution in [0.1, 0.15) is 23.7 Å². The van der Waals surface area contributed by atoms with Crippen LogP contribution in [-0.4, -0.2) is 34.2 Å². The van der Waals surface area contributed by atoms with E-state index in [1.807, 2.05) is 68.5 Å². The number of nitrogens with zero attached hydrogens (tertiary/aromatic N) is 3. The fraction of sp³-hybridized carbons (Fsp3) is 0.227. The van der Waals surface area contributed by atoms with Gasteiger partial charge in [0.05, 0.1) is 12.2 Å². The van der Waals surface area contributed by atoms with Gasteiger partial charge in [-0.05, 0) is 38.5 Å². The number of halogens is 1. The number of aromatic nitrogens is 3. The summed E-state index contributed by atoms with van der Waals surface area (Å²) in [4.78, 5) is 14.2. The Bertz CT molecular complexity index is 1080. The maximum Gasteiger partial charge on any atom is 0.325 e. The first-order valence-electron chi connectivity index (χ1n) is 9.50. The Morgan fingerprint density at radius 1 is 1.27 bits per heavy atom. The summed E-state index contributed by atoms with van der Waals surface area (Å²) < 4.78 is 12.5. The summed E-state index contributed by atoms with van der Waals surface area (Å²) in [6.45, 7) is 4.89. The standard InChI is InChI=1S/C13H12ClN3O.C9H11NO2/c1-8-9(2)18-13-15-12(16-17(8)13)10-6-4-3-5-7-11(10)14;11-8-10-6-7-12-9-4-2-1-3-5-9/h3-5,7H,6H2,1-2H3;1-5,8H,6-7H2,(H,10,11). The molecule has 30 heavy (non-hydrogen) atoms. The van der Waals surface area contributed by atoms with Gasteiger partial charge >= 0.3 is 5.84 Å². The summed E-state index contributed by atoms with van der Waals surface area (Å²) >= 11 is 6.22. The molecule has 1 aliphatic rings. The minimum Gasteiger partial charge on any atom is -0.492 e. The second kappa shape index (κ2) is 10.5. The second-order valence-corrected chi connectivity index (χ2v) is 6.83. The van der Waals surface area contributed by atoms with Gasteiger partial charge in [0, 0.05) is 10.6 Å². The smallest absolute Gasteiger partial charge is 0.325 e. The van der Waals surface area contributed by atoms with Crippen molar-refractivity contribution in [2.24, 2.45) is 0 Å². The number of amides is 1. The van der Waals surface area contributed by atoms with Gasteiger partial charge in [0.15, 0.2) is 5.82 Å². The summed E-state index contributed by atoms with van der Waals surface area (Å²) in [7, 11) is 0. The zero-order valence-electron chi connectivity index (χ0n) is 16.8. The summed E-state index contributed by atoms with van der Waals surface area (Å²) in [5, 5.41) is 7.63. The zero-order chi connectivity index (χ0) is 21.3. The third-order valence-corrected chi connectivity index (χ3v) is 4.71. The third-order valence-electron chi connectivity index (χ3n) is 4.36. The predicted octanol–water partition coefficient (Wildman–Crippen LogP) is 4.22. The van der Waals surface area contributed by atoms with E-state index in [4.69, 9.17) is 20.8 Å². The summed E-state index contributed by atoms with van der Waals surface area (Å²) in [5.74, 6) is 2.79. The van der Waals surface area contributed by atoms with Crippen LogP contribution in [0.4, 0.5) is 0 Å². The number of hydrogen-bond acceptors (Lipinski definition) is 5. The van der Waals surface area contributed by atoms with Gasteiger partial charge in [-0.1, -0.05) is 48.0 Å². The second-order valence-electron chi connectivity index (χ2n) is 6.42. The van der Waals surface area contributed by atoms with Crippen LogP contribution in [0.5, 0.6) is 5.75 Å². The Hall–Kier alpha value is -3.32. The van der Waals surface area contributed by atoms with Crippen LogP contribution in [0.3, 0.4) is 0 Å². The van der Waals surface area contributed by atoms with Crippen molar-refractivity contribution in [2.45, 2.75) is 20.3 Å². The first-order valence-corrected chi connectivity index (χ1v) is 9.88. The Morgan fingerprint density at radius 3 is 2.80 bits per heavy atom. The molecule has 2 aromatic heterocycles. The van der Waals surface area contributed by atoms with Crippen molar-refractivity contribution in [3.8, 4) is 5.75 Å². The minimum absolute atomic E-state index is 0.503. The molecule has 0 spiro atoms. The lowest BCUT2D eigenvalue weighted by molar-refractivity contribution is -0.109. The number of nitrogens with one attached hydrogen (secondary N) is 1. The number of benzene rings is 1. The van der Waals surface area contributed by atoms with Crippen molar-refractivity contribution in [1.82, 2.24) is 19.9 Å². The molecule has 0 saturated carbocycles. The number of carbonyl (C=O) groups is 1. The molecule has 1 N–H and O–H groups in total. The molecule has 0 bridgehead atoms. The van der Waals surface area contributed by atoms with Crippen molar-refractivity contribution in [3.05, 3.63) is 76.9 Å². The monoisotopic (exact) mass is 426 g/mol. The summed E-state index contributed by atoms with van der Waals surface area (Å²) in [5.41, 5.74) is 1.87. The molecule has 8 heteroatoms. The van der Waals surface area contributed by atoms with Crippen LogP contribution in [-0.2, 0) is 4.79 Å². The molecule has 3 aromatic rings. The van der Waals surface area contributed by atoms with Crippen LogP contribution in [0, 0.1) is 13.8 Å². The number of rotatable bonds is 6. The molecule has 0 aliphatic heterocycles. The molecular formula is C22H23ClN4O3. The highest BCUT2D eigenvalue weighted by Crippen LogP contribution is 2.27. The van der Waals surface area contributed by atoms with E-state index in [2.05, 4.69) is 15.4 Å². The van der Waals surface area contributed by atoms with Gasteiger partial charge in [0.1, 0.15) is 18.1 Å². The molecule has 0 unspecified atom stereocenters. The average Bonchev–Trinajstić information content (AvgIpc) is 3.18. The largest absolute Gasteiger partial charge is 0.492 e. The Kier molecular flexibility index (Phi) is 7.45. The number of para-hydroxylation sites is 1. The highest BCUT2D eigenvalue weighted by molar-refractivity contribution is 6.34.